The number of carboxylic acids is 1. The van der Waals surface area contributed by atoms with E-state index in [-0.39, 0.29) is 25.0 Å². The van der Waals surface area contributed by atoms with Gasteiger partial charge in [0.2, 0.25) is 0 Å². The second kappa shape index (κ2) is 6.44. The van der Waals surface area contributed by atoms with Crippen LogP contribution in [0.5, 0.6) is 5.75 Å². The predicted molar refractivity (Wildman–Crippen MR) is 81.9 cm³/mol. The monoisotopic (exact) mass is 324 g/mol. The predicted octanol–water partition coefficient (Wildman–Crippen LogP) is 2.54. The molecule has 1 aromatic carbocycles. The quantitative estimate of drug-likeness (QED) is 0.892. The summed E-state index contributed by atoms with van der Waals surface area (Å²) in [6.07, 6.45) is 0.412. The fraction of sp³-hybridized carbons (Fsp3) is 0.500. The number of ether oxygens (including phenoxy) is 1. The highest BCUT2D eigenvalue weighted by Gasteiger charge is 2.35. The van der Waals surface area contributed by atoms with Gasteiger partial charge in [-0.1, -0.05) is 6.07 Å². The number of nitrogens with one attached hydrogen (secondary N) is 1. The molecule has 0 saturated carbocycles. The zero-order chi connectivity index (χ0) is 17.2. The molecule has 6 nitrogen and oxygen atoms in total. The van der Waals surface area contributed by atoms with E-state index in [9.17, 15) is 14.0 Å². The van der Waals surface area contributed by atoms with Crippen molar-refractivity contribution < 1.29 is 23.8 Å². The van der Waals surface area contributed by atoms with E-state index in [1.54, 1.807) is 6.07 Å². The maximum Gasteiger partial charge on any atom is 0.317 e. The first-order chi connectivity index (χ1) is 10.7. The number of aliphatic carboxylic acids is 1. The number of fused-ring (bicyclic) bond motifs is 1. The number of amides is 2. The Bertz CT molecular complexity index is 618. The topological polar surface area (TPSA) is 78.9 Å². The number of carbonyl (C=O) groups is 2. The minimum atomic E-state index is -0.960. The van der Waals surface area contributed by atoms with Crippen LogP contribution < -0.4 is 10.1 Å². The van der Waals surface area contributed by atoms with Crippen molar-refractivity contribution in [2.24, 2.45) is 0 Å². The Morgan fingerprint density at radius 2 is 2.17 bits per heavy atom. The van der Waals surface area contributed by atoms with Crippen molar-refractivity contribution in [1.82, 2.24) is 10.2 Å². The summed E-state index contributed by atoms with van der Waals surface area (Å²) in [5.41, 5.74) is 0.170. The number of urea groups is 1. The van der Waals surface area contributed by atoms with E-state index >= 15 is 0 Å². The van der Waals surface area contributed by atoms with Crippen molar-refractivity contribution in [3.8, 4) is 5.75 Å². The van der Waals surface area contributed by atoms with Gasteiger partial charge in [-0.05, 0) is 19.9 Å². The standard InChI is InChI=1S/C16H21FN2O4/c1-16(2)9-12(11-5-4-10(17)8-13(11)23-16)18-15(22)19(3)7-6-14(20)21/h4-5,8,12H,6-7,9H2,1-3H3,(H,18,22)(H,20,21). The van der Waals surface area contributed by atoms with Gasteiger partial charge in [0.15, 0.2) is 0 Å². The van der Waals surface area contributed by atoms with Crippen LogP contribution in [-0.4, -0.2) is 41.2 Å². The van der Waals surface area contributed by atoms with Gasteiger partial charge < -0.3 is 20.1 Å². The molecule has 0 spiro atoms. The Labute approximate surface area is 134 Å². The fourth-order valence-corrected chi connectivity index (χ4v) is 2.58. The SMILES string of the molecule is CN(CCC(=O)O)C(=O)NC1CC(C)(C)Oc2cc(F)ccc21. The Morgan fingerprint density at radius 1 is 1.48 bits per heavy atom. The van der Waals surface area contributed by atoms with Gasteiger partial charge in [0.25, 0.3) is 0 Å². The van der Waals surface area contributed by atoms with Gasteiger partial charge >= 0.3 is 12.0 Å². The molecule has 126 valence electrons. The Morgan fingerprint density at radius 3 is 2.83 bits per heavy atom. The molecule has 1 unspecified atom stereocenters. The number of carbonyl (C=O) groups excluding carboxylic acids is 1. The molecule has 2 amide bonds. The van der Waals surface area contributed by atoms with Crippen molar-refractivity contribution >= 4 is 12.0 Å². The third-order valence-electron chi connectivity index (χ3n) is 3.74. The lowest BCUT2D eigenvalue weighted by atomic mass is 9.90. The van der Waals surface area contributed by atoms with Crippen LogP contribution >= 0.6 is 0 Å². The van der Waals surface area contributed by atoms with Crippen molar-refractivity contribution in [1.29, 1.82) is 0 Å². The van der Waals surface area contributed by atoms with E-state index in [0.29, 0.717) is 17.7 Å². The molecule has 1 aliphatic heterocycles. The zero-order valence-corrected chi connectivity index (χ0v) is 13.4. The highest BCUT2D eigenvalue weighted by Crippen LogP contribution is 2.39. The Kier molecular flexibility index (Phi) is 4.77. The van der Waals surface area contributed by atoms with Crippen molar-refractivity contribution in [2.75, 3.05) is 13.6 Å². The van der Waals surface area contributed by atoms with E-state index in [1.807, 2.05) is 13.8 Å². The molecule has 1 aliphatic rings. The minimum Gasteiger partial charge on any atom is -0.487 e. The van der Waals surface area contributed by atoms with Crippen LogP contribution in [0.2, 0.25) is 0 Å². The molecular weight excluding hydrogens is 303 g/mol. The maximum atomic E-state index is 13.4. The molecule has 2 N–H and O–H groups in total. The lowest BCUT2D eigenvalue weighted by molar-refractivity contribution is -0.137. The summed E-state index contributed by atoms with van der Waals surface area (Å²) in [5, 5.41) is 11.5. The van der Waals surface area contributed by atoms with E-state index in [0.717, 1.165) is 0 Å². The lowest BCUT2D eigenvalue weighted by Crippen LogP contribution is -2.45. The van der Waals surface area contributed by atoms with E-state index in [2.05, 4.69) is 5.32 Å². The molecule has 7 heteroatoms. The van der Waals surface area contributed by atoms with E-state index in [1.165, 1.54) is 24.1 Å². The number of benzene rings is 1. The summed E-state index contributed by atoms with van der Waals surface area (Å²) >= 11 is 0. The average molecular weight is 324 g/mol. The molecule has 0 radical (unpaired) electrons. The number of halogens is 1. The largest absolute Gasteiger partial charge is 0.487 e. The molecular formula is C16H21FN2O4. The first kappa shape index (κ1) is 17.1. The summed E-state index contributed by atoms with van der Waals surface area (Å²) in [7, 11) is 1.54. The third kappa shape index (κ3) is 4.34. The first-order valence-corrected chi connectivity index (χ1v) is 7.40. The zero-order valence-electron chi connectivity index (χ0n) is 13.4. The number of hydrogen-bond donors (Lipinski definition) is 2. The number of hydrogen-bond acceptors (Lipinski definition) is 3. The number of rotatable bonds is 4. The second-order valence-corrected chi connectivity index (χ2v) is 6.32. The summed E-state index contributed by atoms with van der Waals surface area (Å²) in [4.78, 5) is 24.1. The van der Waals surface area contributed by atoms with Crippen LogP contribution in [0.15, 0.2) is 18.2 Å². The summed E-state index contributed by atoms with van der Waals surface area (Å²) < 4.78 is 19.2. The number of nitrogens with zero attached hydrogens (tertiary/aromatic N) is 1. The highest BCUT2D eigenvalue weighted by atomic mass is 19.1. The molecule has 2 rings (SSSR count). The van der Waals surface area contributed by atoms with Gasteiger partial charge in [0.05, 0.1) is 12.5 Å². The third-order valence-corrected chi connectivity index (χ3v) is 3.74. The van der Waals surface area contributed by atoms with Crippen LogP contribution in [0.4, 0.5) is 9.18 Å². The Balaban J connectivity index is 2.13. The molecule has 1 atom stereocenters. The number of carboxylic acid groups (broad SMARTS) is 1. The van der Waals surface area contributed by atoms with Crippen LogP contribution in [0.3, 0.4) is 0 Å². The highest BCUT2D eigenvalue weighted by molar-refractivity contribution is 5.75. The van der Waals surface area contributed by atoms with Gasteiger partial charge in [0, 0.05) is 31.6 Å². The molecule has 0 fully saturated rings. The normalized spacial score (nSPS) is 18.5. The minimum absolute atomic E-state index is 0.115. The molecule has 0 aliphatic carbocycles. The second-order valence-electron chi connectivity index (χ2n) is 6.32. The maximum absolute atomic E-state index is 13.4. The average Bonchev–Trinajstić information content (AvgIpc) is 2.42. The van der Waals surface area contributed by atoms with Gasteiger partial charge in [-0.3, -0.25) is 4.79 Å². The molecule has 0 bridgehead atoms. The van der Waals surface area contributed by atoms with Crippen molar-refractivity contribution in [3.05, 3.63) is 29.6 Å². The summed E-state index contributed by atoms with van der Waals surface area (Å²) in [6, 6.07) is 3.54. The fourth-order valence-electron chi connectivity index (χ4n) is 2.58. The van der Waals surface area contributed by atoms with Gasteiger partial charge in [-0.15, -0.1) is 0 Å². The smallest absolute Gasteiger partial charge is 0.317 e. The summed E-state index contributed by atoms with van der Waals surface area (Å²) in [6.45, 7) is 3.85. The van der Waals surface area contributed by atoms with Crippen molar-refractivity contribution in [2.45, 2.75) is 38.3 Å². The van der Waals surface area contributed by atoms with Gasteiger partial charge in [-0.25, -0.2) is 9.18 Å². The van der Waals surface area contributed by atoms with E-state index < -0.39 is 17.4 Å². The van der Waals surface area contributed by atoms with Crippen LogP contribution in [0.1, 0.15) is 38.3 Å². The van der Waals surface area contributed by atoms with Gasteiger partial charge in [-0.2, -0.15) is 0 Å². The lowest BCUT2D eigenvalue weighted by Gasteiger charge is -2.38. The Hall–Kier alpha value is -2.31. The van der Waals surface area contributed by atoms with E-state index in [4.69, 9.17) is 9.84 Å². The first-order valence-electron chi connectivity index (χ1n) is 7.40. The van der Waals surface area contributed by atoms with Crippen LogP contribution in [0.25, 0.3) is 0 Å². The molecule has 0 aromatic heterocycles. The molecule has 0 saturated heterocycles. The van der Waals surface area contributed by atoms with Crippen LogP contribution in [0, 0.1) is 5.82 Å². The van der Waals surface area contributed by atoms with Crippen molar-refractivity contribution in [3.63, 3.8) is 0 Å². The molecule has 1 aromatic rings. The molecule has 1 heterocycles. The summed E-state index contributed by atoms with van der Waals surface area (Å²) in [5.74, 6) is -0.942. The molecule has 23 heavy (non-hydrogen) atoms. The van der Waals surface area contributed by atoms with Gasteiger partial charge in [0.1, 0.15) is 17.2 Å². The van der Waals surface area contributed by atoms with Crippen LogP contribution in [-0.2, 0) is 4.79 Å².